The van der Waals surface area contributed by atoms with Crippen molar-refractivity contribution >= 4 is 38.6 Å². The van der Waals surface area contributed by atoms with E-state index in [1.54, 1.807) is 35.6 Å². The topological polar surface area (TPSA) is 71.4 Å². The van der Waals surface area contributed by atoms with E-state index >= 15 is 0 Å². The first-order valence-corrected chi connectivity index (χ1v) is 11.6. The summed E-state index contributed by atoms with van der Waals surface area (Å²) >= 11 is 1.61. The largest absolute Gasteiger partial charge is 0.346 e. The summed E-state index contributed by atoms with van der Waals surface area (Å²) in [5.74, 6) is 0.0981. The fraction of sp³-hybridized carbons (Fsp3) is 0.250. The lowest BCUT2D eigenvalue weighted by Gasteiger charge is -2.19. The molecule has 1 unspecified atom stereocenters. The van der Waals surface area contributed by atoms with Gasteiger partial charge >= 0.3 is 0 Å². The number of anilines is 2. The number of carbonyl (C=O) groups excluding carboxylic acids is 1. The van der Waals surface area contributed by atoms with Gasteiger partial charge in [0.1, 0.15) is 0 Å². The van der Waals surface area contributed by atoms with Crippen molar-refractivity contribution in [3.63, 3.8) is 0 Å². The van der Waals surface area contributed by atoms with E-state index in [4.69, 9.17) is 0 Å². The van der Waals surface area contributed by atoms with Crippen LogP contribution in [-0.2, 0) is 14.8 Å². The minimum Gasteiger partial charge on any atom is -0.346 e. The van der Waals surface area contributed by atoms with Crippen LogP contribution in [-0.4, -0.2) is 31.2 Å². The second-order valence-electron chi connectivity index (χ2n) is 6.74. The standard InChI is InChI=1S/C20H21N3O3S2/c24-20(14-19(16-8-12-27-15-16)22-9-1-2-10-22)21-17-4-6-18(7-5-17)23-11-3-13-28(23,25)26/h1-2,4-10,12,15,19H,3,11,13-14H2,(H,21,24). The van der Waals surface area contributed by atoms with Crippen molar-refractivity contribution in [1.82, 2.24) is 4.57 Å². The van der Waals surface area contributed by atoms with Gasteiger partial charge < -0.3 is 9.88 Å². The summed E-state index contributed by atoms with van der Waals surface area (Å²) < 4.78 is 27.5. The van der Waals surface area contributed by atoms with E-state index < -0.39 is 10.0 Å². The number of thiophene rings is 1. The summed E-state index contributed by atoms with van der Waals surface area (Å²) in [4.78, 5) is 12.6. The van der Waals surface area contributed by atoms with E-state index in [-0.39, 0.29) is 17.7 Å². The van der Waals surface area contributed by atoms with E-state index in [1.807, 2.05) is 40.5 Å². The number of carbonyl (C=O) groups is 1. The molecule has 0 aliphatic carbocycles. The van der Waals surface area contributed by atoms with E-state index in [1.165, 1.54) is 4.31 Å². The zero-order valence-corrected chi connectivity index (χ0v) is 16.8. The van der Waals surface area contributed by atoms with Crippen LogP contribution in [0, 0.1) is 0 Å². The summed E-state index contributed by atoms with van der Waals surface area (Å²) in [6.07, 6.45) is 4.87. The van der Waals surface area contributed by atoms with Crippen LogP contribution in [0.3, 0.4) is 0 Å². The molecule has 3 aromatic rings. The van der Waals surface area contributed by atoms with Crippen molar-refractivity contribution in [2.75, 3.05) is 21.9 Å². The average Bonchev–Trinajstić information content (AvgIpc) is 3.42. The maximum atomic E-state index is 12.6. The highest BCUT2D eigenvalue weighted by Crippen LogP contribution is 2.27. The Morgan fingerprint density at radius 2 is 1.89 bits per heavy atom. The summed E-state index contributed by atoms with van der Waals surface area (Å²) in [6.45, 7) is 0.507. The number of benzene rings is 1. The van der Waals surface area contributed by atoms with Crippen LogP contribution in [0.4, 0.5) is 11.4 Å². The van der Waals surface area contributed by atoms with Crippen LogP contribution in [0.2, 0.25) is 0 Å². The zero-order valence-electron chi connectivity index (χ0n) is 15.2. The first-order chi connectivity index (χ1) is 13.5. The third-order valence-corrected chi connectivity index (χ3v) is 7.40. The van der Waals surface area contributed by atoms with Gasteiger partial charge in [0, 0.05) is 24.6 Å². The summed E-state index contributed by atoms with van der Waals surface area (Å²) in [6, 6.07) is 12.8. The summed E-state index contributed by atoms with van der Waals surface area (Å²) in [7, 11) is -3.20. The molecule has 0 saturated carbocycles. The number of hydrogen-bond acceptors (Lipinski definition) is 4. The van der Waals surface area contributed by atoms with Gasteiger partial charge in [-0.05, 0) is 65.2 Å². The Morgan fingerprint density at radius 3 is 2.50 bits per heavy atom. The molecule has 0 spiro atoms. The Bertz CT molecular complexity index is 993. The zero-order chi connectivity index (χ0) is 19.6. The van der Waals surface area contributed by atoms with Gasteiger partial charge in [0.25, 0.3) is 0 Å². The lowest BCUT2D eigenvalue weighted by Crippen LogP contribution is -2.25. The van der Waals surface area contributed by atoms with Gasteiger partial charge in [-0.25, -0.2) is 8.42 Å². The number of hydrogen-bond donors (Lipinski definition) is 1. The van der Waals surface area contributed by atoms with Crippen LogP contribution >= 0.6 is 11.3 Å². The lowest BCUT2D eigenvalue weighted by molar-refractivity contribution is -0.116. The molecule has 0 bridgehead atoms. The van der Waals surface area contributed by atoms with Crippen LogP contribution in [0.25, 0.3) is 0 Å². The molecule has 4 rings (SSSR count). The molecule has 1 amide bonds. The van der Waals surface area contributed by atoms with Gasteiger partial charge in [-0.15, -0.1) is 0 Å². The monoisotopic (exact) mass is 415 g/mol. The minimum atomic E-state index is -3.20. The van der Waals surface area contributed by atoms with E-state index in [0.717, 1.165) is 5.56 Å². The van der Waals surface area contributed by atoms with Crippen molar-refractivity contribution in [1.29, 1.82) is 0 Å². The highest BCUT2D eigenvalue weighted by atomic mass is 32.2. The van der Waals surface area contributed by atoms with E-state index in [0.29, 0.717) is 30.8 Å². The van der Waals surface area contributed by atoms with Gasteiger partial charge in [0.2, 0.25) is 15.9 Å². The fourth-order valence-corrected chi connectivity index (χ4v) is 5.72. The van der Waals surface area contributed by atoms with Crippen molar-refractivity contribution in [3.05, 3.63) is 71.2 Å². The molecule has 0 radical (unpaired) electrons. The molecule has 8 heteroatoms. The maximum absolute atomic E-state index is 12.6. The summed E-state index contributed by atoms with van der Waals surface area (Å²) in [5, 5.41) is 6.99. The Balaban J connectivity index is 1.44. The first-order valence-electron chi connectivity index (χ1n) is 9.08. The van der Waals surface area contributed by atoms with E-state index in [2.05, 4.69) is 10.7 Å². The van der Waals surface area contributed by atoms with Crippen molar-refractivity contribution < 1.29 is 13.2 Å². The lowest BCUT2D eigenvalue weighted by atomic mass is 10.1. The maximum Gasteiger partial charge on any atom is 0.235 e. The number of amides is 1. The van der Waals surface area contributed by atoms with Crippen LogP contribution < -0.4 is 9.62 Å². The molecule has 1 saturated heterocycles. The Hall–Kier alpha value is -2.58. The smallest absolute Gasteiger partial charge is 0.235 e. The van der Waals surface area contributed by atoms with E-state index in [9.17, 15) is 13.2 Å². The number of sulfonamides is 1. The van der Waals surface area contributed by atoms with Crippen molar-refractivity contribution in [2.45, 2.75) is 18.9 Å². The SMILES string of the molecule is O=C(CC(c1ccsc1)n1cccc1)Nc1ccc(N2CCCS2(=O)=O)cc1. The molecule has 1 fully saturated rings. The molecule has 1 aliphatic rings. The van der Waals surface area contributed by atoms with Crippen LogP contribution in [0.15, 0.2) is 65.6 Å². The number of nitrogens with zero attached hydrogens (tertiary/aromatic N) is 2. The van der Waals surface area contributed by atoms with Crippen LogP contribution in [0.5, 0.6) is 0 Å². The normalized spacial score (nSPS) is 16.8. The third kappa shape index (κ3) is 3.98. The fourth-order valence-electron chi connectivity index (χ4n) is 3.44. The predicted octanol–water partition coefficient (Wildman–Crippen LogP) is 3.71. The average molecular weight is 416 g/mol. The van der Waals surface area contributed by atoms with Gasteiger partial charge in [-0.1, -0.05) is 0 Å². The molecule has 1 aromatic carbocycles. The second kappa shape index (κ2) is 7.81. The number of aromatic nitrogens is 1. The molecular formula is C20H21N3O3S2. The van der Waals surface area contributed by atoms with Crippen LogP contribution in [0.1, 0.15) is 24.4 Å². The Morgan fingerprint density at radius 1 is 1.14 bits per heavy atom. The Labute approximate surface area is 168 Å². The molecule has 6 nitrogen and oxygen atoms in total. The third-order valence-electron chi connectivity index (χ3n) is 4.83. The molecule has 2 aromatic heterocycles. The number of nitrogens with one attached hydrogen (secondary N) is 1. The highest BCUT2D eigenvalue weighted by Gasteiger charge is 2.28. The van der Waals surface area contributed by atoms with Gasteiger partial charge in [-0.3, -0.25) is 9.10 Å². The summed E-state index contributed by atoms with van der Waals surface area (Å²) in [5.41, 5.74) is 2.40. The van der Waals surface area contributed by atoms with Gasteiger partial charge in [0.05, 0.1) is 23.9 Å². The van der Waals surface area contributed by atoms with Crippen molar-refractivity contribution in [2.24, 2.45) is 0 Å². The number of rotatable bonds is 6. The quantitative estimate of drug-likeness (QED) is 0.667. The van der Waals surface area contributed by atoms with Crippen molar-refractivity contribution in [3.8, 4) is 0 Å². The van der Waals surface area contributed by atoms with Gasteiger partial charge in [-0.2, -0.15) is 11.3 Å². The molecule has 28 heavy (non-hydrogen) atoms. The molecule has 3 heterocycles. The first kappa shape index (κ1) is 18.8. The second-order valence-corrected chi connectivity index (χ2v) is 9.54. The molecule has 146 valence electrons. The molecular weight excluding hydrogens is 394 g/mol. The molecule has 1 N–H and O–H groups in total. The molecule has 1 atom stereocenters. The Kier molecular flexibility index (Phi) is 5.23. The van der Waals surface area contributed by atoms with Gasteiger partial charge in [0.15, 0.2) is 0 Å². The minimum absolute atomic E-state index is 0.0599. The molecule has 1 aliphatic heterocycles. The predicted molar refractivity (Wildman–Crippen MR) is 112 cm³/mol. The highest BCUT2D eigenvalue weighted by molar-refractivity contribution is 7.93.